The quantitative estimate of drug-likeness (QED) is 0.661. The van der Waals surface area contributed by atoms with Gasteiger partial charge in [0, 0.05) is 13.5 Å². The van der Waals surface area contributed by atoms with Crippen LogP contribution in [0.25, 0.3) is 0 Å². The van der Waals surface area contributed by atoms with Gasteiger partial charge in [-0.15, -0.1) is 0 Å². The Labute approximate surface area is 133 Å². The first-order valence-electron chi connectivity index (χ1n) is 8.18. The Kier molecular flexibility index (Phi) is 4.24. The van der Waals surface area contributed by atoms with Crippen LogP contribution in [0.15, 0.2) is 30.3 Å². The fraction of sp³-hybridized carbons (Fsp3) is 0.647. The molecule has 1 heterocycles. The molecule has 0 spiro atoms. The monoisotopic (exact) mass is 336 g/mol. The average molecular weight is 337 g/mol. The van der Waals surface area contributed by atoms with Crippen LogP contribution in [0.5, 0.6) is 0 Å². The van der Waals surface area contributed by atoms with E-state index in [0.717, 1.165) is 0 Å². The largest absolute Gasteiger partial charge is 0.415 e. The minimum absolute atomic E-state index is 0.0231. The highest BCUT2D eigenvalue weighted by Crippen LogP contribution is 2.49. The van der Waals surface area contributed by atoms with Gasteiger partial charge in [-0.3, -0.25) is 0 Å². The van der Waals surface area contributed by atoms with Crippen LogP contribution >= 0.6 is 0 Å². The standard InChI is InChI=1S/C17H32OSi3/c1-15(16-12-10-9-11-13-16)17(2)14-19(3,4)21(7,8)20(5,6)18-17/h9-13,15H,14H2,1-8H3. The Bertz CT molecular complexity index is 488. The second-order valence-corrected chi connectivity index (χ2v) is 36.0. The molecule has 1 aliphatic heterocycles. The van der Waals surface area contributed by atoms with Crippen molar-refractivity contribution in [3.05, 3.63) is 35.9 Å². The first kappa shape index (κ1) is 17.2. The predicted molar refractivity (Wildman–Crippen MR) is 102 cm³/mol. The third kappa shape index (κ3) is 2.76. The summed E-state index contributed by atoms with van der Waals surface area (Å²) >= 11 is 0. The Balaban J connectivity index is 2.41. The molecule has 4 heteroatoms. The van der Waals surface area contributed by atoms with Crippen molar-refractivity contribution in [1.82, 2.24) is 0 Å². The van der Waals surface area contributed by atoms with E-state index < -0.39 is 22.5 Å². The van der Waals surface area contributed by atoms with Gasteiger partial charge in [-0.2, -0.15) is 0 Å². The van der Waals surface area contributed by atoms with E-state index in [0.29, 0.717) is 5.92 Å². The molecule has 2 atom stereocenters. The van der Waals surface area contributed by atoms with Crippen LogP contribution in [0.2, 0.25) is 45.3 Å². The van der Waals surface area contributed by atoms with E-state index in [9.17, 15) is 0 Å². The summed E-state index contributed by atoms with van der Waals surface area (Å²) in [5.74, 6) is 0.474. The third-order valence-electron chi connectivity index (χ3n) is 6.69. The van der Waals surface area contributed by atoms with E-state index in [2.05, 4.69) is 83.5 Å². The van der Waals surface area contributed by atoms with Gasteiger partial charge in [0.1, 0.15) is 0 Å². The minimum atomic E-state index is -1.58. The van der Waals surface area contributed by atoms with E-state index in [4.69, 9.17) is 4.43 Å². The zero-order valence-electron chi connectivity index (χ0n) is 15.1. The van der Waals surface area contributed by atoms with Crippen molar-refractivity contribution < 1.29 is 4.43 Å². The van der Waals surface area contributed by atoms with Crippen LogP contribution in [0.1, 0.15) is 25.3 Å². The van der Waals surface area contributed by atoms with E-state index in [1.54, 1.807) is 0 Å². The molecule has 1 aliphatic rings. The summed E-state index contributed by atoms with van der Waals surface area (Å²) in [6.45, 7) is 20.2. The normalized spacial score (nSPS) is 31.6. The lowest BCUT2D eigenvalue weighted by Crippen LogP contribution is -2.78. The summed E-state index contributed by atoms with van der Waals surface area (Å²) in [5.41, 5.74) is 1.45. The van der Waals surface area contributed by atoms with Crippen molar-refractivity contribution in [1.29, 1.82) is 0 Å². The van der Waals surface area contributed by atoms with E-state index in [1.165, 1.54) is 11.6 Å². The Morgan fingerprint density at radius 3 is 2.00 bits per heavy atom. The van der Waals surface area contributed by atoms with Crippen LogP contribution in [0, 0.1) is 0 Å². The Morgan fingerprint density at radius 1 is 1.00 bits per heavy atom. The molecule has 0 N–H and O–H groups in total. The molecule has 1 nitrogen and oxygen atoms in total. The smallest absolute Gasteiger partial charge is 0.172 e. The van der Waals surface area contributed by atoms with Gasteiger partial charge in [0.2, 0.25) is 0 Å². The van der Waals surface area contributed by atoms with Gasteiger partial charge in [0.05, 0.1) is 12.7 Å². The van der Waals surface area contributed by atoms with Gasteiger partial charge in [-0.05, 0) is 31.6 Å². The molecule has 1 aromatic carbocycles. The second-order valence-electron chi connectivity index (χ2n) is 8.74. The molecular formula is C17H32OSi3. The fourth-order valence-corrected chi connectivity index (χ4v) is 34.7. The summed E-state index contributed by atoms with van der Waals surface area (Å²) in [6, 6.07) is 12.3. The van der Waals surface area contributed by atoms with E-state index in [1.807, 2.05) is 0 Å². The lowest BCUT2D eigenvalue weighted by molar-refractivity contribution is 0.0755. The van der Waals surface area contributed by atoms with Crippen molar-refractivity contribution in [2.75, 3.05) is 0 Å². The van der Waals surface area contributed by atoms with Crippen LogP contribution in [-0.4, -0.2) is 28.1 Å². The van der Waals surface area contributed by atoms with Crippen molar-refractivity contribution in [2.24, 2.45) is 0 Å². The molecule has 0 amide bonds. The first-order chi connectivity index (χ1) is 9.43. The van der Waals surface area contributed by atoms with Crippen LogP contribution in [0.3, 0.4) is 0 Å². The Hall–Kier alpha value is -0.169. The summed E-state index contributed by atoms with van der Waals surface area (Å²) < 4.78 is 6.96. The molecule has 0 bridgehead atoms. The molecule has 1 aromatic rings. The summed E-state index contributed by atoms with van der Waals surface area (Å²) in [7, 11) is -4.02. The SMILES string of the molecule is CC(c1ccccc1)C1(C)C[Si](C)(C)[Si](C)(C)[Si](C)(C)O1. The van der Waals surface area contributed by atoms with E-state index >= 15 is 0 Å². The molecule has 0 aromatic heterocycles. The van der Waals surface area contributed by atoms with Gasteiger partial charge in [-0.25, -0.2) is 0 Å². The fourth-order valence-electron chi connectivity index (χ4n) is 4.00. The molecule has 1 fully saturated rings. The number of hydrogen-bond donors (Lipinski definition) is 0. The molecule has 118 valence electrons. The molecule has 2 rings (SSSR count). The van der Waals surface area contributed by atoms with Gasteiger partial charge in [-0.1, -0.05) is 63.4 Å². The number of hydrogen-bond acceptors (Lipinski definition) is 1. The molecule has 0 aliphatic carbocycles. The van der Waals surface area contributed by atoms with Crippen LogP contribution in [0.4, 0.5) is 0 Å². The molecule has 0 radical (unpaired) electrons. The topological polar surface area (TPSA) is 9.23 Å². The molecule has 21 heavy (non-hydrogen) atoms. The highest BCUT2D eigenvalue weighted by Gasteiger charge is 2.62. The van der Waals surface area contributed by atoms with Gasteiger partial charge < -0.3 is 4.43 Å². The third-order valence-corrected chi connectivity index (χ3v) is 47.2. The number of rotatable bonds is 2. The van der Waals surface area contributed by atoms with Crippen LogP contribution in [-0.2, 0) is 4.43 Å². The maximum absolute atomic E-state index is 6.96. The zero-order chi connectivity index (χ0) is 16.1. The maximum atomic E-state index is 6.96. The second kappa shape index (κ2) is 5.18. The Morgan fingerprint density at radius 2 is 1.52 bits per heavy atom. The van der Waals surface area contributed by atoms with Crippen molar-refractivity contribution in [3.63, 3.8) is 0 Å². The molecular weight excluding hydrogens is 304 g/mol. The van der Waals surface area contributed by atoms with Crippen molar-refractivity contribution in [3.8, 4) is 0 Å². The van der Waals surface area contributed by atoms with Gasteiger partial charge in [0.25, 0.3) is 0 Å². The maximum Gasteiger partial charge on any atom is 0.172 e. The summed E-state index contributed by atoms with van der Waals surface area (Å²) in [6.07, 6.45) is 0. The zero-order valence-corrected chi connectivity index (χ0v) is 18.1. The van der Waals surface area contributed by atoms with Gasteiger partial charge in [0.15, 0.2) is 7.83 Å². The van der Waals surface area contributed by atoms with Crippen molar-refractivity contribution in [2.45, 2.75) is 70.7 Å². The van der Waals surface area contributed by atoms with Crippen LogP contribution < -0.4 is 0 Å². The highest BCUT2D eigenvalue weighted by atomic mass is 29.6. The highest BCUT2D eigenvalue weighted by molar-refractivity contribution is 7.67. The van der Waals surface area contributed by atoms with E-state index in [-0.39, 0.29) is 5.60 Å². The first-order valence-corrected chi connectivity index (χ1v) is 19.3. The molecule has 1 saturated heterocycles. The summed E-state index contributed by atoms with van der Waals surface area (Å²) in [4.78, 5) is 0. The number of benzene rings is 1. The minimum Gasteiger partial charge on any atom is -0.415 e. The lowest BCUT2D eigenvalue weighted by Gasteiger charge is -2.60. The summed E-state index contributed by atoms with van der Waals surface area (Å²) in [5, 5.41) is 0. The van der Waals surface area contributed by atoms with Crippen molar-refractivity contribution >= 4 is 22.5 Å². The predicted octanol–water partition coefficient (Wildman–Crippen LogP) is 5.36. The van der Waals surface area contributed by atoms with Gasteiger partial charge >= 0.3 is 0 Å². The lowest BCUT2D eigenvalue weighted by atomic mass is 9.86. The molecule has 0 saturated carbocycles. The average Bonchev–Trinajstić information content (AvgIpc) is 2.35. The molecule has 2 unspecified atom stereocenters.